The molecule has 2 N–H and O–H groups in total. The average molecular weight is 291 g/mol. The zero-order valence-corrected chi connectivity index (χ0v) is 9.81. The highest BCUT2D eigenvalue weighted by Gasteiger charge is 2.31. The second-order valence-corrected chi connectivity index (χ2v) is 3.46. The van der Waals surface area contributed by atoms with Crippen LogP contribution in [-0.4, -0.2) is 23.2 Å². The van der Waals surface area contributed by atoms with Crippen molar-refractivity contribution in [3.05, 3.63) is 38.0 Å². The van der Waals surface area contributed by atoms with E-state index in [9.17, 15) is 23.3 Å². The first-order valence-corrected chi connectivity index (χ1v) is 5.20. The van der Waals surface area contributed by atoms with Crippen molar-refractivity contribution in [1.29, 1.82) is 0 Å². The highest BCUT2D eigenvalue weighted by molar-refractivity contribution is 5.69. The fourth-order valence-corrected chi connectivity index (χ4v) is 1.39. The zero-order valence-electron chi connectivity index (χ0n) is 9.81. The first kappa shape index (κ1) is 15.5. The van der Waals surface area contributed by atoms with Gasteiger partial charge < -0.3 is 10.4 Å². The van der Waals surface area contributed by atoms with Gasteiger partial charge in [0.1, 0.15) is 5.69 Å². The molecule has 0 saturated heterocycles. The van der Waals surface area contributed by atoms with Crippen LogP contribution in [0.2, 0.25) is 0 Å². The second-order valence-electron chi connectivity index (χ2n) is 3.46. The molecule has 0 fully saturated rings. The van der Waals surface area contributed by atoms with Gasteiger partial charge in [-0.3, -0.25) is 10.1 Å². The largest absolute Gasteiger partial charge is 0.396 e. The van der Waals surface area contributed by atoms with Crippen molar-refractivity contribution >= 4 is 17.1 Å². The van der Waals surface area contributed by atoms with E-state index in [2.05, 4.69) is 15.3 Å². The van der Waals surface area contributed by atoms with Crippen LogP contribution in [0.4, 0.5) is 30.2 Å². The maximum atomic E-state index is 13.8. The third-order valence-corrected chi connectivity index (χ3v) is 2.24. The number of halogens is 3. The van der Waals surface area contributed by atoms with E-state index in [1.807, 2.05) is 0 Å². The molecule has 0 amide bonds. The number of aliphatic hydroxyl groups excluding tert-OH is 1. The van der Waals surface area contributed by atoms with Crippen molar-refractivity contribution in [2.24, 2.45) is 5.11 Å². The van der Waals surface area contributed by atoms with Gasteiger partial charge in [0.2, 0.25) is 5.82 Å². The van der Waals surface area contributed by atoms with Crippen LogP contribution in [0.5, 0.6) is 0 Å². The van der Waals surface area contributed by atoms with Crippen molar-refractivity contribution in [2.75, 3.05) is 18.5 Å². The summed E-state index contributed by atoms with van der Waals surface area (Å²) in [5.41, 5.74) is 4.48. The molecule has 0 saturated carbocycles. The summed E-state index contributed by atoms with van der Waals surface area (Å²) in [5.74, 6) is -5.46. The number of hydrogen-bond acceptors (Lipinski definition) is 5. The van der Waals surface area contributed by atoms with Gasteiger partial charge in [-0.05, 0) is 12.0 Å². The van der Waals surface area contributed by atoms with E-state index in [4.69, 9.17) is 10.6 Å². The van der Waals surface area contributed by atoms with Gasteiger partial charge in [0, 0.05) is 18.1 Å². The van der Waals surface area contributed by atoms with Gasteiger partial charge in [-0.1, -0.05) is 5.11 Å². The highest BCUT2D eigenvalue weighted by Crippen LogP contribution is 2.39. The van der Waals surface area contributed by atoms with Crippen LogP contribution in [0, 0.1) is 27.6 Å². The van der Waals surface area contributed by atoms with E-state index >= 15 is 0 Å². The van der Waals surface area contributed by atoms with Gasteiger partial charge in [0.05, 0.1) is 4.92 Å². The summed E-state index contributed by atoms with van der Waals surface area (Å²) in [6, 6.07) is 0. The fraction of sp³-hybridized carbons (Fsp3) is 0.333. The van der Waals surface area contributed by atoms with E-state index in [1.165, 1.54) is 0 Å². The SMILES string of the molecule is [N-]=[N+]=Nc1c(F)c(F)c([N+](=O)[O-])c(NCCCO)c1F. The number of nitrogens with zero attached hydrogens (tertiary/aromatic N) is 4. The molecule has 0 spiro atoms. The number of anilines is 1. The Hall–Kier alpha value is -2.52. The lowest BCUT2D eigenvalue weighted by atomic mass is 10.2. The minimum Gasteiger partial charge on any atom is -0.396 e. The van der Waals surface area contributed by atoms with Crippen molar-refractivity contribution in [2.45, 2.75) is 6.42 Å². The predicted molar refractivity (Wildman–Crippen MR) is 62.0 cm³/mol. The van der Waals surface area contributed by atoms with Crippen molar-refractivity contribution in [1.82, 2.24) is 0 Å². The van der Waals surface area contributed by atoms with Gasteiger partial charge in [-0.25, -0.2) is 8.78 Å². The molecule has 11 heteroatoms. The molecule has 0 heterocycles. The van der Waals surface area contributed by atoms with Crippen LogP contribution in [0.15, 0.2) is 5.11 Å². The average Bonchev–Trinajstić information content (AvgIpc) is 2.40. The number of hydrogen-bond donors (Lipinski definition) is 2. The molecule has 8 nitrogen and oxygen atoms in total. The minimum absolute atomic E-state index is 0.0897. The molecule has 1 aromatic carbocycles. The van der Waals surface area contributed by atoms with E-state index in [1.54, 1.807) is 0 Å². The molecule has 0 unspecified atom stereocenters. The van der Waals surface area contributed by atoms with E-state index < -0.39 is 39.4 Å². The molecule has 0 aliphatic rings. The second kappa shape index (κ2) is 6.59. The summed E-state index contributed by atoms with van der Waals surface area (Å²) in [5, 5.41) is 24.0. The summed E-state index contributed by atoms with van der Waals surface area (Å²) in [4.78, 5) is 11.5. The number of aliphatic hydroxyl groups is 1. The van der Waals surface area contributed by atoms with Crippen LogP contribution >= 0.6 is 0 Å². The first-order chi connectivity index (χ1) is 9.45. The minimum atomic E-state index is -1.94. The van der Waals surface area contributed by atoms with Gasteiger partial charge >= 0.3 is 5.69 Å². The quantitative estimate of drug-likeness (QED) is 0.159. The lowest BCUT2D eigenvalue weighted by Crippen LogP contribution is -2.10. The third-order valence-electron chi connectivity index (χ3n) is 2.24. The molecule has 20 heavy (non-hydrogen) atoms. The van der Waals surface area contributed by atoms with Crippen LogP contribution in [0.25, 0.3) is 10.4 Å². The monoisotopic (exact) mass is 291 g/mol. The Kier molecular flexibility index (Phi) is 5.12. The molecule has 0 aliphatic heterocycles. The maximum absolute atomic E-state index is 13.8. The smallest absolute Gasteiger partial charge is 0.333 e. The third kappa shape index (κ3) is 2.90. The molecule has 0 aliphatic carbocycles. The lowest BCUT2D eigenvalue weighted by Gasteiger charge is -2.10. The number of benzene rings is 1. The van der Waals surface area contributed by atoms with E-state index in [-0.39, 0.29) is 19.6 Å². The number of nitro groups is 1. The summed E-state index contributed by atoms with van der Waals surface area (Å²) >= 11 is 0. The fourth-order valence-electron chi connectivity index (χ4n) is 1.39. The normalized spacial score (nSPS) is 10.0. The first-order valence-electron chi connectivity index (χ1n) is 5.20. The molecular weight excluding hydrogens is 283 g/mol. The van der Waals surface area contributed by atoms with Crippen LogP contribution in [-0.2, 0) is 0 Å². The molecule has 1 aromatic rings. The summed E-state index contributed by atoms with van der Waals surface area (Å²) in [6.45, 7) is -0.426. The Morgan fingerprint density at radius 3 is 2.50 bits per heavy atom. The van der Waals surface area contributed by atoms with E-state index in [0.29, 0.717) is 0 Å². The number of azide groups is 1. The Bertz CT molecular complexity index is 589. The van der Waals surface area contributed by atoms with Crippen molar-refractivity contribution in [3.8, 4) is 0 Å². The molecular formula is C9H8F3N5O3. The predicted octanol–water partition coefficient (Wildman–Crippen LogP) is 2.75. The lowest BCUT2D eigenvalue weighted by molar-refractivity contribution is -0.387. The van der Waals surface area contributed by atoms with E-state index in [0.717, 1.165) is 0 Å². The van der Waals surface area contributed by atoms with Crippen molar-refractivity contribution < 1.29 is 23.2 Å². The van der Waals surface area contributed by atoms with Gasteiger partial charge in [0.15, 0.2) is 17.3 Å². The zero-order chi connectivity index (χ0) is 15.3. The Balaban J connectivity index is 3.50. The molecule has 0 aromatic heterocycles. The van der Waals surface area contributed by atoms with Gasteiger partial charge in [-0.2, -0.15) is 4.39 Å². The van der Waals surface area contributed by atoms with Gasteiger partial charge in [-0.15, -0.1) is 0 Å². The number of rotatable bonds is 6. The number of nitrogens with one attached hydrogen (secondary N) is 1. The van der Waals surface area contributed by atoms with Crippen LogP contribution < -0.4 is 5.32 Å². The summed E-state index contributed by atoms with van der Waals surface area (Å²) in [6.07, 6.45) is 0.0897. The Morgan fingerprint density at radius 2 is 2.00 bits per heavy atom. The molecule has 108 valence electrons. The topological polar surface area (TPSA) is 124 Å². The molecule has 0 bridgehead atoms. The molecule has 0 radical (unpaired) electrons. The Morgan fingerprint density at radius 1 is 1.35 bits per heavy atom. The van der Waals surface area contributed by atoms with Crippen molar-refractivity contribution in [3.63, 3.8) is 0 Å². The molecule has 1 rings (SSSR count). The maximum Gasteiger partial charge on any atom is 0.333 e. The van der Waals surface area contributed by atoms with Gasteiger partial charge in [0.25, 0.3) is 0 Å². The summed E-state index contributed by atoms with van der Waals surface area (Å²) < 4.78 is 40.8. The summed E-state index contributed by atoms with van der Waals surface area (Å²) in [7, 11) is 0. The molecule has 0 atom stereocenters. The van der Waals surface area contributed by atoms with Crippen LogP contribution in [0.3, 0.4) is 0 Å². The standard InChI is InChI=1S/C9H8F3N5O3/c10-4-5(11)9(17(19)20)8(14-2-1-3-18)6(12)7(4)15-16-13/h14,18H,1-3H2. The highest BCUT2D eigenvalue weighted by atomic mass is 19.2. The van der Waals surface area contributed by atoms with Crippen LogP contribution in [0.1, 0.15) is 6.42 Å². The number of nitro benzene ring substituents is 1. The Labute approximate surface area is 109 Å².